The van der Waals surface area contributed by atoms with Crippen LogP contribution in [0.3, 0.4) is 0 Å². The molecule has 0 bridgehead atoms. The van der Waals surface area contributed by atoms with Crippen LogP contribution in [0.15, 0.2) is 28.7 Å². The first-order chi connectivity index (χ1) is 8.29. The summed E-state index contributed by atoms with van der Waals surface area (Å²) in [7, 11) is 0. The molecule has 0 aliphatic heterocycles. The predicted octanol–water partition coefficient (Wildman–Crippen LogP) is 3.92. The molecule has 0 fully saturated rings. The molecule has 1 rings (SSSR count). The van der Waals surface area contributed by atoms with Crippen LogP contribution in [0.4, 0.5) is 0 Å². The highest BCUT2D eigenvalue weighted by Crippen LogP contribution is 2.25. The third-order valence-corrected chi connectivity index (χ3v) is 3.37. The Labute approximate surface area is 113 Å². The molecule has 17 heavy (non-hydrogen) atoms. The quantitative estimate of drug-likeness (QED) is 0.735. The summed E-state index contributed by atoms with van der Waals surface area (Å²) < 4.78 is 7.08. The van der Waals surface area contributed by atoms with E-state index in [1.54, 1.807) is 0 Å². The monoisotopic (exact) mass is 299 g/mol. The Morgan fingerprint density at radius 1 is 1.29 bits per heavy atom. The van der Waals surface area contributed by atoms with Crippen molar-refractivity contribution in [2.75, 3.05) is 19.7 Å². The first-order valence-corrected chi connectivity index (χ1v) is 7.15. The van der Waals surface area contributed by atoms with E-state index in [2.05, 4.69) is 53.3 Å². The van der Waals surface area contributed by atoms with Gasteiger partial charge in [-0.2, -0.15) is 0 Å². The molecule has 0 aliphatic carbocycles. The molecule has 0 amide bonds. The number of nitrogens with one attached hydrogen (secondary N) is 1. The summed E-state index contributed by atoms with van der Waals surface area (Å²) in [4.78, 5) is 0. The molecule has 1 N–H and O–H groups in total. The average Bonchev–Trinajstić information content (AvgIpc) is 2.35. The van der Waals surface area contributed by atoms with E-state index in [1.807, 2.05) is 6.07 Å². The molecular formula is C14H22BrNO. The van der Waals surface area contributed by atoms with Gasteiger partial charge in [0.25, 0.3) is 0 Å². The van der Waals surface area contributed by atoms with Crippen molar-refractivity contribution in [3.05, 3.63) is 34.3 Å². The molecule has 0 saturated carbocycles. The second-order valence-corrected chi connectivity index (χ2v) is 4.90. The maximum Gasteiger partial charge on any atom is 0.0960 e. The lowest BCUT2D eigenvalue weighted by molar-refractivity contribution is 0.0505. The fraction of sp³-hybridized carbons (Fsp3) is 0.571. The molecule has 0 radical (unpaired) electrons. The highest BCUT2D eigenvalue weighted by molar-refractivity contribution is 9.10. The summed E-state index contributed by atoms with van der Waals surface area (Å²) in [6.45, 7) is 6.96. The van der Waals surface area contributed by atoms with Crippen LogP contribution in [0.5, 0.6) is 0 Å². The van der Waals surface area contributed by atoms with Gasteiger partial charge in [0.2, 0.25) is 0 Å². The molecule has 1 atom stereocenters. The first-order valence-electron chi connectivity index (χ1n) is 6.36. The van der Waals surface area contributed by atoms with E-state index >= 15 is 0 Å². The van der Waals surface area contributed by atoms with Gasteiger partial charge in [0.15, 0.2) is 0 Å². The maximum atomic E-state index is 5.96. The van der Waals surface area contributed by atoms with Crippen molar-refractivity contribution in [3.8, 4) is 0 Å². The van der Waals surface area contributed by atoms with E-state index in [4.69, 9.17) is 4.74 Å². The molecule has 0 heterocycles. The minimum absolute atomic E-state index is 0.136. The zero-order valence-corrected chi connectivity index (χ0v) is 12.3. The number of hydrogen-bond donors (Lipinski definition) is 1. The van der Waals surface area contributed by atoms with Crippen molar-refractivity contribution in [2.24, 2.45) is 0 Å². The third-order valence-electron chi connectivity index (χ3n) is 2.65. The number of ether oxygens (including phenoxy) is 1. The summed E-state index contributed by atoms with van der Waals surface area (Å²) >= 11 is 3.59. The number of hydrogen-bond acceptors (Lipinski definition) is 2. The van der Waals surface area contributed by atoms with Crippen LogP contribution < -0.4 is 5.32 Å². The second kappa shape index (κ2) is 8.67. The van der Waals surface area contributed by atoms with Crippen LogP contribution >= 0.6 is 15.9 Å². The van der Waals surface area contributed by atoms with E-state index in [1.165, 1.54) is 12.0 Å². The molecule has 3 heteroatoms. The van der Waals surface area contributed by atoms with E-state index < -0.39 is 0 Å². The van der Waals surface area contributed by atoms with Crippen molar-refractivity contribution in [1.82, 2.24) is 5.32 Å². The zero-order chi connectivity index (χ0) is 12.5. The van der Waals surface area contributed by atoms with Crippen LogP contribution in [0.25, 0.3) is 0 Å². The van der Waals surface area contributed by atoms with Gasteiger partial charge in [0.05, 0.1) is 6.10 Å². The van der Waals surface area contributed by atoms with E-state index in [-0.39, 0.29) is 6.10 Å². The van der Waals surface area contributed by atoms with Crippen LogP contribution in [-0.4, -0.2) is 19.7 Å². The van der Waals surface area contributed by atoms with Gasteiger partial charge in [-0.1, -0.05) is 54.4 Å². The normalized spacial score (nSPS) is 12.6. The maximum absolute atomic E-state index is 5.96. The minimum atomic E-state index is 0.136. The first kappa shape index (κ1) is 14.7. The SMILES string of the molecule is CCCCOC(CNCC)c1ccccc1Br. The van der Waals surface area contributed by atoms with Gasteiger partial charge in [-0.05, 0) is 24.6 Å². The summed E-state index contributed by atoms with van der Waals surface area (Å²) in [6.07, 6.45) is 2.42. The summed E-state index contributed by atoms with van der Waals surface area (Å²) in [5.74, 6) is 0. The lowest BCUT2D eigenvalue weighted by atomic mass is 10.1. The standard InChI is InChI=1S/C14H22BrNO/c1-3-5-10-17-14(11-16-4-2)12-8-6-7-9-13(12)15/h6-9,14,16H,3-5,10-11H2,1-2H3. The van der Waals surface area contributed by atoms with E-state index in [9.17, 15) is 0 Å². The van der Waals surface area contributed by atoms with E-state index in [0.29, 0.717) is 0 Å². The molecule has 0 saturated heterocycles. The number of benzene rings is 1. The molecule has 0 aliphatic rings. The van der Waals surface area contributed by atoms with Crippen LogP contribution in [0.2, 0.25) is 0 Å². The molecule has 1 aromatic carbocycles. The predicted molar refractivity (Wildman–Crippen MR) is 76.3 cm³/mol. The summed E-state index contributed by atoms with van der Waals surface area (Å²) in [5, 5.41) is 3.36. The van der Waals surface area contributed by atoms with Crippen molar-refractivity contribution in [1.29, 1.82) is 0 Å². The molecule has 1 aromatic rings. The summed E-state index contributed by atoms with van der Waals surface area (Å²) in [5.41, 5.74) is 1.23. The minimum Gasteiger partial charge on any atom is -0.372 e. The van der Waals surface area contributed by atoms with Crippen molar-refractivity contribution in [2.45, 2.75) is 32.8 Å². The zero-order valence-electron chi connectivity index (χ0n) is 10.7. The van der Waals surface area contributed by atoms with Crippen molar-refractivity contribution < 1.29 is 4.74 Å². The molecular weight excluding hydrogens is 278 g/mol. The molecule has 0 spiro atoms. The topological polar surface area (TPSA) is 21.3 Å². The van der Waals surface area contributed by atoms with Gasteiger partial charge in [0.1, 0.15) is 0 Å². The number of rotatable bonds is 8. The van der Waals surface area contributed by atoms with Gasteiger partial charge in [0, 0.05) is 17.6 Å². The van der Waals surface area contributed by atoms with E-state index in [0.717, 1.165) is 30.6 Å². The van der Waals surface area contributed by atoms with Crippen molar-refractivity contribution >= 4 is 15.9 Å². The highest BCUT2D eigenvalue weighted by atomic mass is 79.9. The number of halogens is 1. The Balaban J connectivity index is 2.64. The molecule has 2 nitrogen and oxygen atoms in total. The van der Waals surface area contributed by atoms with Gasteiger partial charge >= 0.3 is 0 Å². The lowest BCUT2D eigenvalue weighted by Gasteiger charge is -2.20. The van der Waals surface area contributed by atoms with Crippen LogP contribution in [0.1, 0.15) is 38.4 Å². The number of likely N-dealkylation sites (N-methyl/N-ethyl adjacent to an activating group) is 1. The highest BCUT2D eigenvalue weighted by Gasteiger charge is 2.13. The Bertz CT molecular complexity index is 317. The third kappa shape index (κ3) is 5.19. The van der Waals surface area contributed by atoms with Gasteiger partial charge in [-0.25, -0.2) is 0 Å². The Kier molecular flexibility index (Phi) is 7.49. The Morgan fingerprint density at radius 2 is 2.06 bits per heavy atom. The van der Waals surface area contributed by atoms with Gasteiger partial charge in [-0.15, -0.1) is 0 Å². The molecule has 0 aromatic heterocycles. The lowest BCUT2D eigenvalue weighted by Crippen LogP contribution is -2.23. The van der Waals surface area contributed by atoms with Crippen LogP contribution in [-0.2, 0) is 4.74 Å². The Morgan fingerprint density at radius 3 is 2.71 bits per heavy atom. The average molecular weight is 300 g/mol. The summed E-state index contributed by atoms with van der Waals surface area (Å²) in [6, 6.07) is 8.28. The smallest absolute Gasteiger partial charge is 0.0960 e. The van der Waals surface area contributed by atoms with Gasteiger partial charge in [-0.3, -0.25) is 0 Å². The molecule has 96 valence electrons. The number of unbranched alkanes of at least 4 members (excludes halogenated alkanes) is 1. The molecule has 1 unspecified atom stereocenters. The largest absolute Gasteiger partial charge is 0.372 e. The van der Waals surface area contributed by atoms with Gasteiger partial charge < -0.3 is 10.1 Å². The fourth-order valence-corrected chi connectivity index (χ4v) is 2.18. The second-order valence-electron chi connectivity index (χ2n) is 4.04. The van der Waals surface area contributed by atoms with Crippen molar-refractivity contribution in [3.63, 3.8) is 0 Å². The fourth-order valence-electron chi connectivity index (χ4n) is 1.64. The van der Waals surface area contributed by atoms with Crippen LogP contribution in [0, 0.1) is 0 Å². The Hall–Kier alpha value is -0.380.